The molecule has 0 saturated heterocycles. The maximum Gasteiger partial charge on any atom is 0.395 e. The SMILES string of the molecule is CCCCCOc1ccc(/C=N/NC(=O)CSc2c([N+](=O)[O-])ncn2C)cc1. The van der Waals surface area contributed by atoms with Crippen molar-refractivity contribution < 1.29 is 14.5 Å². The molecule has 0 aliphatic heterocycles. The third kappa shape index (κ3) is 6.69. The number of thioether (sulfide) groups is 1. The number of carbonyl (C=O) groups excluding carboxylic acids is 1. The summed E-state index contributed by atoms with van der Waals surface area (Å²) in [6.07, 6.45) is 6.20. The molecule has 0 aliphatic rings. The molecule has 0 saturated carbocycles. The molecule has 10 heteroatoms. The van der Waals surface area contributed by atoms with Crippen LogP contribution in [0.4, 0.5) is 5.82 Å². The summed E-state index contributed by atoms with van der Waals surface area (Å²) < 4.78 is 7.14. The number of nitrogens with one attached hydrogen (secondary N) is 1. The fourth-order valence-corrected chi connectivity index (χ4v) is 3.07. The Morgan fingerprint density at radius 1 is 1.39 bits per heavy atom. The van der Waals surface area contributed by atoms with Crippen molar-refractivity contribution in [3.63, 3.8) is 0 Å². The number of hydrazone groups is 1. The number of aromatic nitrogens is 2. The molecule has 0 aliphatic carbocycles. The second-order valence-electron chi connectivity index (χ2n) is 5.95. The van der Waals surface area contributed by atoms with E-state index in [9.17, 15) is 14.9 Å². The predicted octanol–water partition coefficient (Wildman–Crippen LogP) is 3.14. The zero-order valence-corrected chi connectivity index (χ0v) is 16.6. The van der Waals surface area contributed by atoms with E-state index >= 15 is 0 Å². The largest absolute Gasteiger partial charge is 0.494 e. The number of aryl methyl sites for hydroxylation is 1. The first-order valence-corrected chi connectivity index (χ1v) is 9.83. The second kappa shape index (κ2) is 11.1. The normalized spacial score (nSPS) is 10.9. The molecule has 0 atom stereocenters. The Kier molecular flexibility index (Phi) is 8.47. The van der Waals surface area contributed by atoms with Crippen LogP contribution in [0.5, 0.6) is 5.75 Å². The minimum Gasteiger partial charge on any atom is -0.494 e. The van der Waals surface area contributed by atoms with Gasteiger partial charge in [0.25, 0.3) is 0 Å². The Balaban J connectivity index is 1.77. The first-order chi connectivity index (χ1) is 13.5. The lowest BCUT2D eigenvalue weighted by atomic mass is 10.2. The van der Waals surface area contributed by atoms with Crippen LogP contribution in [0.1, 0.15) is 31.7 Å². The summed E-state index contributed by atoms with van der Waals surface area (Å²) in [6, 6.07) is 7.40. The van der Waals surface area contributed by atoms with Gasteiger partial charge in [0, 0.05) is 7.05 Å². The van der Waals surface area contributed by atoms with Gasteiger partial charge in [-0.1, -0.05) is 31.5 Å². The molecule has 0 spiro atoms. The molecule has 1 aromatic heterocycles. The lowest BCUT2D eigenvalue weighted by Crippen LogP contribution is -2.19. The highest BCUT2D eigenvalue weighted by Gasteiger charge is 2.21. The number of hydrogen-bond donors (Lipinski definition) is 1. The van der Waals surface area contributed by atoms with E-state index in [1.807, 2.05) is 24.3 Å². The average Bonchev–Trinajstić information content (AvgIpc) is 3.05. The zero-order valence-electron chi connectivity index (χ0n) is 15.8. The van der Waals surface area contributed by atoms with E-state index in [1.54, 1.807) is 7.05 Å². The van der Waals surface area contributed by atoms with Crippen molar-refractivity contribution in [2.75, 3.05) is 12.4 Å². The van der Waals surface area contributed by atoms with Gasteiger partial charge in [-0.3, -0.25) is 4.79 Å². The number of benzene rings is 1. The third-order valence-corrected chi connectivity index (χ3v) is 4.83. The Morgan fingerprint density at radius 3 is 2.82 bits per heavy atom. The summed E-state index contributed by atoms with van der Waals surface area (Å²) in [4.78, 5) is 25.9. The Bertz CT molecular complexity index is 820. The van der Waals surface area contributed by atoms with E-state index < -0.39 is 4.92 Å². The number of rotatable bonds is 11. The van der Waals surface area contributed by atoms with Crippen molar-refractivity contribution in [1.29, 1.82) is 0 Å². The highest BCUT2D eigenvalue weighted by Crippen LogP contribution is 2.26. The number of amides is 1. The van der Waals surface area contributed by atoms with Gasteiger partial charge in [0.2, 0.25) is 12.2 Å². The van der Waals surface area contributed by atoms with Gasteiger partial charge < -0.3 is 19.4 Å². The molecule has 0 radical (unpaired) electrons. The second-order valence-corrected chi connectivity index (χ2v) is 6.91. The minimum absolute atomic E-state index is 0.0117. The predicted molar refractivity (Wildman–Crippen MR) is 108 cm³/mol. The van der Waals surface area contributed by atoms with Crippen molar-refractivity contribution >= 4 is 29.7 Å². The first-order valence-electron chi connectivity index (χ1n) is 8.84. The van der Waals surface area contributed by atoms with Crippen molar-refractivity contribution in [2.24, 2.45) is 12.1 Å². The van der Waals surface area contributed by atoms with E-state index in [0.717, 1.165) is 42.3 Å². The van der Waals surface area contributed by atoms with Crippen molar-refractivity contribution in [3.05, 3.63) is 46.3 Å². The molecule has 2 aromatic rings. The fourth-order valence-electron chi connectivity index (χ4n) is 2.24. The van der Waals surface area contributed by atoms with E-state index in [2.05, 4.69) is 22.4 Å². The van der Waals surface area contributed by atoms with Gasteiger partial charge in [-0.2, -0.15) is 5.10 Å². The van der Waals surface area contributed by atoms with Crippen LogP contribution in [0.25, 0.3) is 0 Å². The van der Waals surface area contributed by atoms with Crippen LogP contribution < -0.4 is 10.2 Å². The van der Waals surface area contributed by atoms with Crippen LogP contribution in [0.3, 0.4) is 0 Å². The van der Waals surface area contributed by atoms with Crippen molar-refractivity contribution in [3.8, 4) is 5.75 Å². The highest BCUT2D eigenvalue weighted by atomic mass is 32.2. The number of hydrogen-bond acceptors (Lipinski definition) is 7. The summed E-state index contributed by atoms with van der Waals surface area (Å²) in [5, 5.41) is 15.1. The quantitative estimate of drug-likeness (QED) is 0.202. The smallest absolute Gasteiger partial charge is 0.395 e. The maximum absolute atomic E-state index is 11.9. The van der Waals surface area contributed by atoms with E-state index in [-0.39, 0.29) is 17.5 Å². The molecule has 150 valence electrons. The van der Waals surface area contributed by atoms with Crippen LogP contribution >= 0.6 is 11.8 Å². The van der Waals surface area contributed by atoms with Crippen molar-refractivity contribution in [2.45, 2.75) is 31.2 Å². The van der Waals surface area contributed by atoms with Crippen LogP contribution in [0.2, 0.25) is 0 Å². The highest BCUT2D eigenvalue weighted by molar-refractivity contribution is 8.00. The number of ether oxygens (including phenoxy) is 1. The van der Waals surface area contributed by atoms with Crippen LogP contribution in [-0.2, 0) is 11.8 Å². The monoisotopic (exact) mass is 405 g/mol. The number of carbonyl (C=O) groups is 1. The number of imidazole rings is 1. The minimum atomic E-state index is -0.574. The number of nitrogens with zero attached hydrogens (tertiary/aromatic N) is 4. The van der Waals surface area contributed by atoms with Gasteiger partial charge in [0.1, 0.15) is 5.75 Å². The topological polar surface area (TPSA) is 112 Å². The van der Waals surface area contributed by atoms with Gasteiger partial charge in [0.05, 0.1) is 18.6 Å². The molecule has 0 unspecified atom stereocenters. The molecule has 1 amide bonds. The molecule has 1 heterocycles. The third-order valence-electron chi connectivity index (χ3n) is 3.68. The molecule has 9 nitrogen and oxygen atoms in total. The molecular weight excluding hydrogens is 382 g/mol. The number of unbranched alkanes of at least 4 members (excludes halogenated alkanes) is 2. The lowest BCUT2D eigenvalue weighted by molar-refractivity contribution is -0.392. The van der Waals surface area contributed by atoms with Gasteiger partial charge in [-0.15, -0.1) is 0 Å². The average molecular weight is 405 g/mol. The van der Waals surface area contributed by atoms with Crippen molar-refractivity contribution in [1.82, 2.24) is 15.0 Å². The Hall–Kier alpha value is -2.88. The fraction of sp³-hybridized carbons (Fsp3) is 0.389. The van der Waals surface area contributed by atoms with E-state index in [0.29, 0.717) is 11.6 Å². The van der Waals surface area contributed by atoms with Gasteiger partial charge in [-0.05, 0) is 46.2 Å². The summed E-state index contributed by atoms with van der Waals surface area (Å²) in [6.45, 7) is 2.85. The Morgan fingerprint density at radius 2 is 2.14 bits per heavy atom. The van der Waals surface area contributed by atoms with Crippen LogP contribution in [0, 0.1) is 10.1 Å². The molecule has 0 fully saturated rings. The number of nitro groups is 1. The van der Waals surface area contributed by atoms with E-state index in [4.69, 9.17) is 4.74 Å². The Labute approximate surface area is 167 Å². The maximum atomic E-state index is 11.9. The van der Waals surface area contributed by atoms with Gasteiger partial charge in [-0.25, -0.2) is 5.43 Å². The van der Waals surface area contributed by atoms with E-state index in [1.165, 1.54) is 17.1 Å². The molecule has 0 bridgehead atoms. The zero-order chi connectivity index (χ0) is 20.4. The van der Waals surface area contributed by atoms with Crippen LogP contribution in [0.15, 0.2) is 40.7 Å². The standard InChI is InChI=1S/C18H23N5O4S/c1-3-4-5-10-27-15-8-6-14(7-9-15)11-20-21-16(24)12-28-18-17(23(25)26)19-13-22(18)2/h6-9,11,13H,3-5,10,12H2,1-2H3,(H,21,24)/b20-11+. The summed E-state index contributed by atoms with van der Waals surface area (Å²) in [7, 11) is 1.63. The molecule has 1 aromatic carbocycles. The lowest BCUT2D eigenvalue weighted by Gasteiger charge is -2.05. The van der Waals surface area contributed by atoms with Gasteiger partial charge >= 0.3 is 5.82 Å². The molecule has 1 N–H and O–H groups in total. The molecular formula is C18H23N5O4S. The molecule has 28 heavy (non-hydrogen) atoms. The summed E-state index contributed by atoms with van der Waals surface area (Å²) in [5.41, 5.74) is 3.22. The first kappa shape index (κ1) is 21.4. The van der Waals surface area contributed by atoms with Gasteiger partial charge in [0.15, 0.2) is 5.03 Å². The molecule has 2 rings (SSSR count). The summed E-state index contributed by atoms with van der Waals surface area (Å²) >= 11 is 1.03. The summed E-state index contributed by atoms with van der Waals surface area (Å²) in [5.74, 6) is 0.155. The van der Waals surface area contributed by atoms with Crippen LogP contribution in [-0.4, -0.2) is 39.0 Å².